The van der Waals surface area contributed by atoms with Crippen molar-refractivity contribution in [2.75, 3.05) is 20.6 Å². The fourth-order valence-electron chi connectivity index (χ4n) is 3.02. The third-order valence-corrected chi connectivity index (χ3v) is 4.59. The lowest BCUT2D eigenvalue weighted by atomic mass is 10.0. The van der Waals surface area contributed by atoms with Gasteiger partial charge in [-0.3, -0.25) is 9.89 Å². The zero-order valence-corrected chi connectivity index (χ0v) is 15.7. The van der Waals surface area contributed by atoms with E-state index in [9.17, 15) is 9.18 Å². The number of hydrogen-bond donors (Lipinski definition) is 2. The van der Waals surface area contributed by atoms with Crippen molar-refractivity contribution in [2.45, 2.75) is 13.0 Å². The second-order valence-corrected chi connectivity index (χ2v) is 6.72. The van der Waals surface area contributed by atoms with Gasteiger partial charge in [0.1, 0.15) is 11.5 Å². The number of hydrogen-bond acceptors (Lipinski definition) is 3. The number of aryl methyl sites for hydroxylation is 1. The van der Waals surface area contributed by atoms with Crippen molar-refractivity contribution in [1.82, 2.24) is 20.4 Å². The number of nitrogens with one attached hydrogen (secondary N) is 2. The molecule has 27 heavy (non-hydrogen) atoms. The molecule has 1 aromatic heterocycles. The molecule has 0 aliphatic carbocycles. The van der Waals surface area contributed by atoms with Crippen LogP contribution in [0.5, 0.6) is 0 Å². The van der Waals surface area contributed by atoms with E-state index in [1.165, 1.54) is 23.3 Å². The molecule has 0 fully saturated rings. The van der Waals surface area contributed by atoms with Gasteiger partial charge in [-0.25, -0.2) is 4.39 Å². The Morgan fingerprint density at radius 2 is 1.89 bits per heavy atom. The highest BCUT2D eigenvalue weighted by Gasteiger charge is 2.18. The van der Waals surface area contributed by atoms with Gasteiger partial charge in [0.05, 0.1) is 11.7 Å². The summed E-state index contributed by atoms with van der Waals surface area (Å²) < 4.78 is 13.0. The summed E-state index contributed by atoms with van der Waals surface area (Å²) in [7, 11) is 3.98. The zero-order valence-electron chi connectivity index (χ0n) is 15.7. The summed E-state index contributed by atoms with van der Waals surface area (Å²) in [5, 5.41) is 9.87. The maximum Gasteiger partial charge on any atom is 0.269 e. The molecular weight excluding hydrogens is 343 g/mol. The lowest BCUT2D eigenvalue weighted by Gasteiger charge is -2.26. The predicted molar refractivity (Wildman–Crippen MR) is 104 cm³/mol. The number of carbonyl (C=O) groups is 1. The minimum atomic E-state index is -0.307. The first kappa shape index (κ1) is 18.8. The molecule has 5 nitrogen and oxygen atoms in total. The number of halogens is 1. The van der Waals surface area contributed by atoms with Crippen LogP contribution in [-0.2, 0) is 0 Å². The molecule has 6 heteroatoms. The smallest absolute Gasteiger partial charge is 0.269 e. The first-order valence-electron chi connectivity index (χ1n) is 8.77. The van der Waals surface area contributed by atoms with E-state index in [2.05, 4.69) is 39.5 Å². The lowest BCUT2D eigenvalue weighted by Crippen LogP contribution is -2.35. The standard InChI is InChI=1S/C21H23FN4O/c1-14-6-4-5-7-17(14)20(26(2)3)13-23-21(27)19-12-18(24-25-19)15-8-10-16(22)11-9-15/h4-12,20H,13H2,1-3H3,(H,23,27)(H,24,25). The maximum absolute atomic E-state index is 13.0. The van der Waals surface area contributed by atoms with Crippen LogP contribution in [0.3, 0.4) is 0 Å². The van der Waals surface area contributed by atoms with Crippen molar-refractivity contribution in [3.8, 4) is 11.3 Å². The van der Waals surface area contributed by atoms with Crippen LogP contribution < -0.4 is 5.32 Å². The monoisotopic (exact) mass is 366 g/mol. The first-order chi connectivity index (χ1) is 13.0. The van der Waals surface area contributed by atoms with E-state index < -0.39 is 0 Å². The maximum atomic E-state index is 13.0. The highest BCUT2D eigenvalue weighted by Crippen LogP contribution is 2.21. The van der Waals surface area contributed by atoms with Gasteiger partial charge in [-0.1, -0.05) is 24.3 Å². The molecule has 140 valence electrons. The Bertz CT molecular complexity index is 918. The van der Waals surface area contributed by atoms with Crippen molar-refractivity contribution >= 4 is 5.91 Å². The number of rotatable bonds is 6. The van der Waals surface area contributed by atoms with Crippen molar-refractivity contribution in [1.29, 1.82) is 0 Å². The molecule has 0 bridgehead atoms. The molecule has 2 N–H and O–H groups in total. The Morgan fingerprint density at radius 1 is 1.19 bits per heavy atom. The van der Waals surface area contributed by atoms with Crippen LogP contribution in [0.4, 0.5) is 4.39 Å². The number of amides is 1. The van der Waals surface area contributed by atoms with Gasteiger partial charge in [0.15, 0.2) is 0 Å². The van der Waals surface area contributed by atoms with E-state index in [-0.39, 0.29) is 17.8 Å². The Kier molecular flexibility index (Phi) is 5.66. The van der Waals surface area contributed by atoms with Gasteiger partial charge in [-0.05, 0) is 62.5 Å². The summed E-state index contributed by atoms with van der Waals surface area (Å²) in [6, 6.07) is 15.9. The molecule has 1 atom stereocenters. The van der Waals surface area contributed by atoms with Gasteiger partial charge in [0.25, 0.3) is 5.91 Å². The summed E-state index contributed by atoms with van der Waals surface area (Å²) >= 11 is 0. The third kappa shape index (κ3) is 4.41. The molecule has 0 aliphatic heterocycles. The van der Waals surface area contributed by atoms with Crippen LogP contribution in [0.25, 0.3) is 11.3 Å². The third-order valence-electron chi connectivity index (χ3n) is 4.59. The van der Waals surface area contributed by atoms with Crippen LogP contribution in [0.2, 0.25) is 0 Å². The molecule has 2 aromatic carbocycles. The Balaban J connectivity index is 1.70. The lowest BCUT2D eigenvalue weighted by molar-refractivity contribution is 0.0937. The fraction of sp³-hybridized carbons (Fsp3) is 0.238. The van der Waals surface area contributed by atoms with Gasteiger partial charge >= 0.3 is 0 Å². The number of aromatic nitrogens is 2. The number of carbonyl (C=O) groups excluding carboxylic acids is 1. The van der Waals surface area contributed by atoms with Crippen molar-refractivity contribution in [2.24, 2.45) is 0 Å². The highest BCUT2D eigenvalue weighted by atomic mass is 19.1. The summed E-state index contributed by atoms with van der Waals surface area (Å²) in [5.74, 6) is -0.533. The molecule has 0 spiro atoms. The second kappa shape index (κ2) is 8.14. The first-order valence-corrected chi connectivity index (χ1v) is 8.77. The number of benzene rings is 2. The molecular formula is C21H23FN4O. The van der Waals surface area contributed by atoms with Gasteiger partial charge < -0.3 is 10.2 Å². The number of aromatic amines is 1. The van der Waals surface area contributed by atoms with Crippen LogP contribution in [0.15, 0.2) is 54.6 Å². The zero-order chi connectivity index (χ0) is 19.4. The Morgan fingerprint density at radius 3 is 2.56 bits per heavy atom. The largest absolute Gasteiger partial charge is 0.349 e. The van der Waals surface area contributed by atoms with Gasteiger partial charge in [0, 0.05) is 12.1 Å². The van der Waals surface area contributed by atoms with E-state index in [1.807, 2.05) is 26.2 Å². The van der Waals surface area contributed by atoms with Gasteiger partial charge in [-0.15, -0.1) is 0 Å². The predicted octanol–water partition coefficient (Wildman–Crippen LogP) is 3.56. The van der Waals surface area contributed by atoms with E-state index in [4.69, 9.17) is 0 Å². The van der Waals surface area contributed by atoms with Crippen LogP contribution in [-0.4, -0.2) is 41.6 Å². The van der Waals surface area contributed by atoms with Crippen LogP contribution in [0, 0.1) is 12.7 Å². The quantitative estimate of drug-likeness (QED) is 0.701. The minimum absolute atomic E-state index is 0.0645. The average Bonchev–Trinajstić information content (AvgIpc) is 3.14. The minimum Gasteiger partial charge on any atom is -0.349 e. The molecule has 0 saturated carbocycles. The van der Waals surface area contributed by atoms with E-state index in [0.717, 1.165) is 5.56 Å². The van der Waals surface area contributed by atoms with E-state index in [1.54, 1.807) is 18.2 Å². The molecule has 1 heterocycles. The Labute approximate surface area is 158 Å². The average molecular weight is 366 g/mol. The Hall–Kier alpha value is -2.99. The van der Waals surface area contributed by atoms with E-state index >= 15 is 0 Å². The number of H-pyrrole nitrogens is 1. The molecule has 1 unspecified atom stereocenters. The molecule has 0 saturated heterocycles. The number of likely N-dealkylation sites (N-methyl/N-ethyl adjacent to an activating group) is 1. The topological polar surface area (TPSA) is 61.0 Å². The fourth-order valence-corrected chi connectivity index (χ4v) is 3.02. The molecule has 3 rings (SSSR count). The highest BCUT2D eigenvalue weighted by molar-refractivity contribution is 5.93. The molecule has 1 amide bonds. The normalized spacial score (nSPS) is 12.2. The van der Waals surface area contributed by atoms with Crippen molar-refractivity contribution < 1.29 is 9.18 Å². The van der Waals surface area contributed by atoms with Crippen molar-refractivity contribution in [3.63, 3.8) is 0 Å². The SMILES string of the molecule is Cc1ccccc1C(CNC(=O)c1cc(-c2ccc(F)cc2)n[nH]1)N(C)C. The van der Waals surface area contributed by atoms with Gasteiger partial charge in [0.2, 0.25) is 0 Å². The van der Waals surface area contributed by atoms with Crippen molar-refractivity contribution in [3.05, 3.63) is 77.2 Å². The van der Waals surface area contributed by atoms with E-state index in [0.29, 0.717) is 17.9 Å². The summed E-state index contributed by atoms with van der Waals surface area (Å²) in [6.07, 6.45) is 0. The summed E-state index contributed by atoms with van der Waals surface area (Å²) in [6.45, 7) is 2.54. The van der Waals surface area contributed by atoms with Crippen LogP contribution >= 0.6 is 0 Å². The molecule has 3 aromatic rings. The van der Waals surface area contributed by atoms with Gasteiger partial charge in [-0.2, -0.15) is 5.10 Å². The summed E-state index contributed by atoms with van der Waals surface area (Å²) in [5.41, 5.74) is 4.09. The molecule has 0 aliphatic rings. The molecule has 0 radical (unpaired) electrons. The number of nitrogens with zero attached hydrogens (tertiary/aromatic N) is 2. The summed E-state index contributed by atoms with van der Waals surface area (Å²) in [4.78, 5) is 14.6. The second-order valence-electron chi connectivity index (χ2n) is 6.72. The van der Waals surface area contributed by atoms with Crippen LogP contribution in [0.1, 0.15) is 27.7 Å².